The van der Waals surface area contributed by atoms with Crippen molar-refractivity contribution in [2.75, 3.05) is 17.6 Å². The van der Waals surface area contributed by atoms with Gasteiger partial charge < -0.3 is 10.5 Å². The number of rotatable bonds is 4. The van der Waals surface area contributed by atoms with Crippen molar-refractivity contribution >= 4 is 21.4 Å². The van der Waals surface area contributed by atoms with Crippen molar-refractivity contribution in [3.8, 4) is 5.75 Å². The van der Waals surface area contributed by atoms with Crippen molar-refractivity contribution < 1.29 is 13.2 Å². The molecule has 0 aliphatic heterocycles. The van der Waals surface area contributed by atoms with E-state index >= 15 is 0 Å². The molecule has 0 aliphatic carbocycles. The predicted molar refractivity (Wildman–Crippen MR) is 84.1 cm³/mol. The molecule has 0 heterocycles. The summed E-state index contributed by atoms with van der Waals surface area (Å²) in [5.41, 5.74) is 7.97. The summed E-state index contributed by atoms with van der Waals surface area (Å²) in [4.78, 5) is 0.0904. The van der Waals surface area contributed by atoms with Crippen molar-refractivity contribution in [3.63, 3.8) is 0 Å². The van der Waals surface area contributed by atoms with E-state index in [2.05, 4.69) is 4.72 Å². The van der Waals surface area contributed by atoms with Crippen LogP contribution in [0.25, 0.3) is 0 Å². The van der Waals surface area contributed by atoms with Crippen LogP contribution in [0.1, 0.15) is 11.1 Å². The molecule has 2 aromatic carbocycles. The van der Waals surface area contributed by atoms with Crippen LogP contribution in [0.3, 0.4) is 0 Å². The maximum Gasteiger partial charge on any atom is 0.264 e. The van der Waals surface area contributed by atoms with Gasteiger partial charge in [-0.3, -0.25) is 4.72 Å². The van der Waals surface area contributed by atoms with Gasteiger partial charge in [0.2, 0.25) is 0 Å². The Balaban J connectivity index is 2.48. The summed E-state index contributed by atoms with van der Waals surface area (Å²) in [6, 6.07) is 10.2. The molecule has 0 fully saturated rings. The lowest BCUT2D eigenvalue weighted by Crippen LogP contribution is -2.16. The number of hydrogen-bond donors (Lipinski definition) is 2. The topological polar surface area (TPSA) is 81.4 Å². The molecular weight excluding hydrogens is 288 g/mol. The van der Waals surface area contributed by atoms with E-state index in [0.29, 0.717) is 17.0 Å². The van der Waals surface area contributed by atoms with Gasteiger partial charge in [0.25, 0.3) is 10.0 Å². The molecule has 112 valence electrons. The Labute approximate surface area is 124 Å². The minimum Gasteiger partial charge on any atom is -0.495 e. The molecule has 0 saturated heterocycles. The number of ether oxygens (including phenoxy) is 1. The zero-order chi connectivity index (χ0) is 15.6. The molecule has 0 saturated carbocycles. The van der Waals surface area contributed by atoms with Gasteiger partial charge in [0, 0.05) is 0 Å². The van der Waals surface area contributed by atoms with Crippen molar-refractivity contribution in [1.82, 2.24) is 0 Å². The SMILES string of the molecule is COc1cc(C)ccc1NS(=O)(=O)c1c(C)cccc1N. The third kappa shape index (κ3) is 3.11. The number of methoxy groups -OCH3 is 1. The third-order valence-corrected chi connectivity index (χ3v) is 4.70. The number of nitrogen functional groups attached to an aromatic ring is 1. The molecule has 5 nitrogen and oxygen atoms in total. The van der Waals surface area contributed by atoms with Crippen molar-refractivity contribution in [1.29, 1.82) is 0 Å². The van der Waals surface area contributed by atoms with Crippen LogP contribution in [0, 0.1) is 13.8 Å². The summed E-state index contributed by atoms with van der Waals surface area (Å²) in [6.07, 6.45) is 0. The summed E-state index contributed by atoms with van der Waals surface area (Å²) in [6.45, 7) is 3.61. The Morgan fingerprint density at radius 1 is 1.14 bits per heavy atom. The normalized spacial score (nSPS) is 11.2. The minimum absolute atomic E-state index is 0.0904. The molecular formula is C15H18N2O3S. The number of nitrogens with one attached hydrogen (secondary N) is 1. The van der Waals surface area contributed by atoms with Crippen LogP contribution in [0.5, 0.6) is 5.75 Å². The van der Waals surface area contributed by atoms with Crippen LogP contribution >= 0.6 is 0 Å². The maximum atomic E-state index is 12.5. The predicted octanol–water partition coefficient (Wildman–Crippen LogP) is 2.70. The van der Waals surface area contributed by atoms with Crippen LogP contribution in [0.15, 0.2) is 41.3 Å². The average Bonchev–Trinajstić information content (AvgIpc) is 2.40. The van der Waals surface area contributed by atoms with Gasteiger partial charge in [0.05, 0.1) is 18.5 Å². The molecule has 3 N–H and O–H groups in total. The first kappa shape index (κ1) is 15.2. The Morgan fingerprint density at radius 2 is 1.86 bits per heavy atom. The first-order chi connectivity index (χ1) is 9.85. The van der Waals surface area contributed by atoms with E-state index in [4.69, 9.17) is 10.5 Å². The molecule has 0 bridgehead atoms. The van der Waals surface area contributed by atoms with Gasteiger partial charge in [0.1, 0.15) is 10.6 Å². The highest BCUT2D eigenvalue weighted by Crippen LogP contribution is 2.30. The summed E-state index contributed by atoms with van der Waals surface area (Å²) in [5, 5.41) is 0. The molecule has 0 aliphatic rings. The zero-order valence-electron chi connectivity index (χ0n) is 12.2. The number of sulfonamides is 1. The Bertz CT molecular complexity index is 750. The highest BCUT2D eigenvalue weighted by molar-refractivity contribution is 7.93. The van der Waals surface area contributed by atoms with Gasteiger partial charge >= 0.3 is 0 Å². The second kappa shape index (κ2) is 5.65. The number of aryl methyl sites for hydroxylation is 2. The van der Waals surface area contributed by atoms with E-state index in [1.165, 1.54) is 7.11 Å². The lowest BCUT2D eigenvalue weighted by atomic mass is 10.2. The second-order valence-electron chi connectivity index (χ2n) is 4.80. The molecule has 0 spiro atoms. The number of nitrogens with two attached hydrogens (primary N) is 1. The largest absolute Gasteiger partial charge is 0.495 e. The zero-order valence-corrected chi connectivity index (χ0v) is 13.0. The lowest BCUT2D eigenvalue weighted by Gasteiger charge is -2.15. The third-order valence-electron chi connectivity index (χ3n) is 3.11. The second-order valence-corrected chi connectivity index (χ2v) is 6.42. The Kier molecular flexibility index (Phi) is 4.09. The van der Waals surface area contributed by atoms with Gasteiger partial charge in [-0.15, -0.1) is 0 Å². The smallest absolute Gasteiger partial charge is 0.264 e. The number of anilines is 2. The van der Waals surface area contributed by atoms with Gasteiger partial charge in [-0.05, 0) is 43.2 Å². The summed E-state index contributed by atoms with van der Waals surface area (Å²) in [5.74, 6) is 0.464. The van der Waals surface area contributed by atoms with E-state index in [0.717, 1.165) is 5.56 Å². The van der Waals surface area contributed by atoms with Crippen LogP contribution in [-0.4, -0.2) is 15.5 Å². The van der Waals surface area contributed by atoms with Gasteiger partial charge in [-0.2, -0.15) is 0 Å². The van der Waals surface area contributed by atoms with E-state index < -0.39 is 10.0 Å². The van der Waals surface area contributed by atoms with Gasteiger partial charge in [-0.25, -0.2) is 8.42 Å². The molecule has 0 amide bonds. The molecule has 21 heavy (non-hydrogen) atoms. The fourth-order valence-electron chi connectivity index (χ4n) is 2.12. The van der Waals surface area contributed by atoms with Gasteiger partial charge in [-0.1, -0.05) is 18.2 Å². The Hall–Kier alpha value is -2.21. The van der Waals surface area contributed by atoms with E-state index in [1.54, 1.807) is 37.3 Å². The Morgan fingerprint density at radius 3 is 2.48 bits per heavy atom. The molecule has 2 aromatic rings. The summed E-state index contributed by atoms with van der Waals surface area (Å²) in [7, 11) is -2.28. The standard InChI is InChI=1S/C15H18N2O3S/c1-10-7-8-13(14(9-10)20-3)17-21(18,19)15-11(2)5-4-6-12(15)16/h4-9,17H,16H2,1-3H3. The number of hydrogen-bond acceptors (Lipinski definition) is 4. The molecule has 6 heteroatoms. The first-order valence-electron chi connectivity index (χ1n) is 6.37. The fourth-order valence-corrected chi connectivity index (χ4v) is 3.55. The molecule has 0 atom stereocenters. The first-order valence-corrected chi connectivity index (χ1v) is 7.86. The lowest BCUT2D eigenvalue weighted by molar-refractivity contribution is 0.416. The van der Waals surface area contributed by atoms with Crippen LogP contribution in [0.2, 0.25) is 0 Å². The van der Waals surface area contributed by atoms with E-state index in [9.17, 15) is 8.42 Å². The highest BCUT2D eigenvalue weighted by atomic mass is 32.2. The summed E-state index contributed by atoms with van der Waals surface area (Å²) < 4.78 is 32.8. The quantitative estimate of drug-likeness (QED) is 0.851. The van der Waals surface area contributed by atoms with Crippen LogP contribution < -0.4 is 15.2 Å². The van der Waals surface area contributed by atoms with Crippen LogP contribution in [0.4, 0.5) is 11.4 Å². The van der Waals surface area contributed by atoms with Crippen LogP contribution in [-0.2, 0) is 10.0 Å². The average molecular weight is 306 g/mol. The molecule has 2 rings (SSSR count). The molecule has 0 aromatic heterocycles. The molecule has 0 unspecified atom stereocenters. The van der Waals surface area contributed by atoms with Crippen molar-refractivity contribution in [2.45, 2.75) is 18.7 Å². The van der Waals surface area contributed by atoms with E-state index in [-0.39, 0.29) is 10.6 Å². The molecule has 0 radical (unpaired) electrons. The highest BCUT2D eigenvalue weighted by Gasteiger charge is 2.21. The monoisotopic (exact) mass is 306 g/mol. The maximum absolute atomic E-state index is 12.5. The van der Waals surface area contributed by atoms with Crippen molar-refractivity contribution in [2.24, 2.45) is 0 Å². The van der Waals surface area contributed by atoms with Crippen molar-refractivity contribution in [3.05, 3.63) is 47.5 Å². The fraction of sp³-hybridized carbons (Fsp3) is 0.200. The number of benzene rings is 2. The van der Waals surface area contributed by atoms with Gasteiger partial charge in [0.15, 0.2) is 0 Å². The summed E-state index contributed by atoms with van der Waals surface area (Å²) >= 11 is 0. The minimum atomic E-state index is -3.78. The van der Waals surface area contributed by atoms with E-state index in [1.807, 2.05) is 13.0 Å².